The standard InChI is InChI=1S/C17H15F3N2O2/c18-17(19,20)14-8-6-13(7-9-14)16(22)24-15(21)11-23-10-12-4-2-1-3-5-12/h1-9,21-22H,10-11H2. The van der Waals surface area contributed by atoms with Gasteiger partial charge in [0.05, 0.1) is 12.2 Å². The van der Waals surface area contributed by atoms with Gasteiger partial charge in [-0.2, -0.15) is 13.2 Å². The molecule has 0 fully saturated rings. The van der Waals surface area contributed by atoms with Gasteiger partial charge in [0.1, 0.15) is 6.61 Å². The van der Waals surface area contributed by atoms with Crippen LogP contribution in [0.25, 0.3) is 0 Å². The number of hydrogen-bond acceptors (Lipinski definition) is 4. The van der Waals surface area contributed by atoms with E-state index < -0.39 is 17.6 Å². The summed E-state index contributed by atoms with van der Waals surface area (Å²) in [5.41, 5.74) is 0.277. The smallest absolute Gasteiger partial charge is 0.416 e. The van der Waals surface area contributed by atoms with Gasteiger partial charge < -0.3 is 9.47 Å². The second-order valence-corrected chi connectivity index (χ2v) is 4.91. The second kappa shape index (κ2) is 7.74. The monoisotopic (exact) mass is 336 g/mol. The summed E-state index contributed by atoms with van der Waals surface area (Å²) >= 11 is 0. The molecule has 0 aliphatic carbocycles. The average Bonchev–Trinajstić information content (AvgIpc) is 2.55. The Labute approximate surface area is 136 Å². The van der Waals surface area contributed by atoms with Crippen molar-refractivity contribution in [1.82, 2.24) is 0 Å². The predicted molar refractivity (Wildman–Crippen MR) is 83.2 cm³/mol. The molecule has 24 heavy (non-hydrogen) atoms. The molecule has 2 aromatic carbocycles. The molecule has 0 saturated carbocycles. The fourth-order valence-electron chi connectivity index (χ4n) is 1.86. The summed E-state index contributed by atoms with van der Waals surface area (Å²) in [5.74, 6) is -0.701. The van der Waals surface area contributed by atoms with Gasteiger partial charge in [0.2, 0.25) is 11.8 Å². The third kappa shape index (κ3) is 5.20. The number of benzene rings is 2. The molecule has 0 bridgehead atoms. The van der Waals surface area contributed by atoms with Crippen molar-refractivity contribution in [2.45, 2.75) is 12.8 Å². The first-order valence-corrected chi connectivity index (χ1v) is 6.99. The molecular weight excluding hydrogens is 321 g/mol. The molecule has 0 amide bonds. The van der Waals surface area contributed by atoms with E-state index in [0.29, 0.717) is 6.61 Å². The zero-order valence-electron chi connectivity index (χ0n) is 12.6. The molecule has 2 N–H and O–H groups in total. The van der Waals surface area contributed by atoms with Crippen LogP contribution < -0.4 is 0 Å². The van der Waals surface area contributed by atoms with Crippen LogP contribution in [0.5, 0.6) is 0 Å². The topological polar surface area (TPSA) is 66.2 Å². The lowest BCUT2D eigenvalue weighted by Gasteiger charge is -2.10. The first kappa shape index (κ1) is 17.7. The summed E-state index contributed by atoms with van der Waals surface area (Å²) in [6, 6.07) is 13.3. The lowest BCUT2D eigenvalue weighted by atomic mass is 10.1. The Balaban J connectivity index is 1.82. The Morgan fingerprint density at radius 3 is 2.12 bits per heavy atom. The van der Waals surface area contributed by atoms with Gasteiger partial charge in [-0.25, -0.2) is 0 Å². The molecule has 0 unspecified atom stereocenters. The number of hydrogen-bond donors (Lipinski definition) is 2. The lowest BCUT2D eigenvalue weighted by molar-refractivity contribution is -0.137. The first-order valence-electron chi connectivity index (χ1n) is 6.99. The van der Waals surface area contributed by atoms with E-state index in [-0.39, 0.29) is 18.1 Å². The molecule has 2 rings (SSSR count). The van der Waals surface area contributed by atoms with Crippen molar-refractivity contribution in [3.8, 4) is 0 Å². The summed E-state index contributed by atoms with van der Waals surface area (Å²) in [4.78, 5) is 0. The molecule has 0 spiro atoms. The molecular formula is C17H15F3N2O2. The van der Waals surface area contributed by atoms with Gasteiger partial charge in [-0.1, -0.05) is 30.3 Å². The van der Waals surface area contributed by atoms with Crippen molar-refractivity contribution < 1.29 is 22.6 Å². The van der Waals surface area contributed by atoms with Crippen LogP contribution in [0, 0.1) is 10.8 Å². The van der Waals surface area contributed by atoms with Crippen LogP contribution >= 0.6 is 0 Å². The fourth-order valence-corrected chi connectivity index (χ4v) is 1.86. The molecule has 126 valence electrons. The van der Waals surface area contributed by atoms with Crippen LogP contribution in [-0.2, 0) is 22.3 Å². The highest BCUT2D eigenvalue weighted by molar-refractivity contribution is 5.99. The second-order valence-electron chi connectivity index (χ2n) is 4.91. The van der Waals surface area contributed by atoms with Gasteiger partial charge in [-0.3, -0.25) is 10.8 Å². The number of alkyl halides is 3. The van der Waals surface area contributed by atoms with Gasteiger partial charge in [0.15, 0.2) is 0 Å². The summed E-state index contributed by atoms with van der Waals surface area (Å²) in [6.07, 6.45) is -4.43. The Morgan fingerprint density at radius 1 is 0.917 bits per heavy atom. The Kier molecular flexibility index (Phi) is 5.70. The molecule has 2 aromatic rings. The van der Waals surface area contributed by atoms with Crippen molar-refractivity contribution >= 4 is 11.8 Å². The minimum atomic E-state index is -4.43. The zero-order valence-corrected chi connectivity index (χ0v) is 12.6. The van der Waals surface area contributed by atoms with Crippen molar-refractivity contribution in [2.75, 3.05) is 6.61 Å². The highest BCUT2D eigenvalue weighted by Gasteiger charge is 2.30. The van der Waals surface area contributed by atoms with E-state index in [1.165, 1.54) is 0 Å². The van der Waals surface area contributed by atoms with Gasteiger partial charge in [0.25, 0.3) is 0 Å². The summed E-state index contributed by atoms with van der Waals surface area (Å²) in [7, 11) is 0. The van der Waals surface area contributed by atoms with E-state index in [9.17, 15) is 13.2 Å². The van der Waals surface area contributed by atoms with E-state index >= 15 is 0 Å². The molecule has 4 nitrogen and oxygen atoms in total. The van der Waals surface area contributed by atoms with Crippen molar-refractivity contribution in [3.05, 3.63) is 71.3 Å². The Morgan fingerprint density at radius 2 is 1.54 bits per heavy atom. The maximum absolute atomic E-state index is 12.5. The van der Waals surface area contributed by atoms with Crippen molar-refractivity contribution in [1.29, 1.82) is 10.8 Å². The van der Waals surface area contributed by atoms with E-state index in [1.54, 1.807) is 0 Å². The summed E-state index contributed by atoms with van der Waals surface area (Å²) in [6.45, 7) is 0.151. The predicted octanol–water partition coefficient (Wildman–Crippen LogP) is 4.24. The molecule has 7 heteroatoms. The van der Waals surface area contributed by atoms with Crippen molar-refractivity contribution in [2.24, 2.45) is 0 Å². The minimum absolute atomic E-state index is 0.141. The molecule has 0 saturated heterocycles. The van der Waals surface area contributed by atoms with E-state index in [1.807, 2.05) is 30.3 Å². The quantitative estimate of drug-likeness (QED) is 0.633. The van der Waals surface area contributed by atoms with Gasteiger partial charge >= 0.3 is 6.18 Å². The van der Waals surface area contributed by atoms with E-state index in [4.69, 9.17) is 20.3 Å². The SMILES string of the molecule is N=C(COCc1ccccc1)OC(=N)c1ccc(C(F)(F)F)cc1. The van der Waals surface area contributed by atoms with Crippen LogP contribution in [0.2, 0.25) is 0 Å². The van der Waals surface area contributed by atoms with Gasteiger partial charge in [-0.05, 0) is 29.8 Å². The van der Waals surface area contributed by atoms with Gasteiger partial charge in [0, 0.05) is 5.56 Å². The largest absolute Gasteiger partial charge is 0.423 e. The van der Waals surface area contributed by atoms with Crippen LogP contribution in [0.3, 0.4) is 0 Å². The number of halogens is 3. The molecule has 0 radical (unpaired) electrons. The van der Waals surface area contributed by atoms with Crippen LogP contribution in [0.4, 0.5) is 13.2 Å². The highest BCUT2D eigenvalue weighted by atomic mass is 19.4. The van der Waals surface area contributed by atoms with E-state index in [2.05, 4.69) is 0 Å². The van der Waals surface area contributed by atoms with Crippen LogP contribution in [0.15, 0.2) is 54.6 Å². The third-order valence-electron chi connectivity index (χ3n) is 3.04. The normalized spacial score (nSPS) is 11.1. The minimum Gasteiger partial charge on any atom is -0.423 e. The number of rotatable bonds is 5. The fraction of sp³-hybridized carbons (Fsp3) is 0.176. The Hall–Kier alpha value is -2.67. The first-order chi connectivity index (χ1) is 11.4. The molecule has 0 atom stereocenters. The van der Waals surface area contributed by atoms with E-state index in [0.717, 1.165) is 29.8 Å². The molecule has 0 aliphatic rings. The number of ether oxygens (including phenoxy) is 2. The average molecular weight is 336 g/mol. The number of nitrogens with one attached hydrogen (secondary N) is 2. The third-order valence-corrected chi connectivity index (χ3v) is 3.04. The lowest BCUT2D eigenvalue weighted by Crippen LogP contribution is -2.17. The molecule has 0 heterocycles. The summed E-state index contributed by atoms with van der Waals surface area (Å²) < 4.78 is 47.7. The van der Waals surface area contributed by atoms with Gasteiger partial charge in [-0.15, -0.1) is 0 Å². The maximum Gasteiger partial charge on any atom is 0.416 e. The molecule has 0 aliphatic heterocycles. The van der Waals surface area contributed by atoms with Crippen LogP contribution in [-0.4, -0.2) is 18.4 Å². The van der Waals surface area contributed by atoms with Crippen molar-refractivity contribution in [3.63, 3.8) is 0 Å². The molecule has 0 aromatic heterocycles. The summed E-state index contributed by atoms with van der Waals surface area (Å²) in [5, 5.41) is 15.3. The van der Waals surface area contributed by atoms with Crippen LogP contribution in [0.1, 0.15) is 16.7 Å². The Bertz CT molecular complexity index is 698. The zero-order chi connectivity index (χ0) is 17.6. The maximum atomic E-state index is 12.5. The highest BCUT2D eigenvalue weighted by Crippen LogP contribution is 2.29.